The van der Waals surface area contributed by atoms with Crippen molar-refractivity contribution in [3.63, 3.8) is 0 Å². The van der Waals surface area contributed by atoms with Gasteiger partial charge in [-0.05, 0) is 59.2 Å². The first-order chi connectivity index (χ1) is 13.7. The lowest BCUT2D eigenvalue weighted by molar-refractivity contribution is -0.118. The second-order valence-corrected chi connectivity index (χ2v) is 9.70. The molecule has 1 saturated heterocycles. The predicted octanol–water partition coefficient (Wildman–Crippen LogP) is 4.56. The molecule has 1 atom stereocenters. The van der Waals surface area contributed by atoms with Crippen LogP contribution in [0.2, 0.25) is 5.02 Å². The van der Waals surface area contributed by atoms with Crippen LogP contribution in [0.1, 0.15) is 17.9 Å². The number of amides is 1. The monoisotopic (exact) mass is 496 g/mol. The van der Waals surface area contributed by atoms with Crippen molar-refractivity contribution in [2.24, 2.45) is 5.14 Å². The maximum absolute atomic E-state index is 14.4. The second kappa shape index (κ2) is 7.36. The fraction of sp³-hybridized carbons (Fsp3) is 0.150. The van der Waals surface area contributed by atoms with Crippen molar-refractivity contribution in [2.75, 3.05) is 11.4 Å². The zero-order valence-corrected chi connectivity index (χ0v) is 18.1. The minimum atomic E-state index is -4.08. The van der Waals surface area contributed by atoms with E-state index in [4.69, 9.17) is 16.7 Å². The maximum atomic E-state index is 14.4. The first kappa shape index (κ1) is 20.3. The van der Waals surface area contributed by atoms with Gasteiger partial charge in [-0.1, -0.05) is 39.7 Å². The van der Waals surface area contributed by atoms with E-state index in [0.717, 1.165) is 0 Å². The van der Waals surface area contributed by atoms with Crippen LogP contribution < -0.4 is 10.0 Å². The molecule has 4 rings (SSSR count). The summed E-state index contributed by atoms with van der Waals surface area (Å²) in [6, 6.07) is 12.4. The third-order valence-electron chi connectivity index (χ3n) is 5.04. The van der Waals surface area contributed by atoms with Crippen LogP contribution in [0, 0.1) is 5.82 Å². The molecule has 0 radical (unpaired) electrons. The molecule has 3 aromatic rings. The molecule has 1 fully saturated rings. The van der Waals surface area contributed by atoms with Gasteiger partial charge >= 0.3 is 0 Å². The first-order valence-corrected chi connectivity index (χ1v) is 11.4. The fourth-order valence-electron chi connectivity index (χ4n) is 3.80. The Morgan fingerprint density at radius 3 is 2.59 bits per heavy atom. The fourth-order valence-corrected chi connectivity index (χ4v) is 5.13. The van der Waals surface area contributed by atoms with Gasteiger partial charge in [-0.2, -0.15) is 0 Å². The Morgan fingerprint density at radius 2 is 1.90 bits per heavy atom. The van der Waals surface area contributed by atoms with Crippen molar-refractivity contribution in [1.82, 2.24) is 0 Å². The van der Waals surface area contributed by atoms with E-state index in [1.165, 1.54) is 23.1 Å². The molecule has 0 aromatic heterocycles. The summed E-state index contributed by atoms with van der Waals surface area (Å²) in [5.74, 6) is -1.68. The molecule has 1 unspecified atom stereocenters. The van der Waals surface area contributed by atoms with E-state index in [-0.39, 0.29) is 23.0 Å². The summed E-state index contributed by atoms with van der Waals surface area (Å²) >= 11 is 9.26. The van der Waals surface area contributed by atoms with Gasteiger partial charge in [-0.3, -0.25) is 4.79 Å². The molecular weight excluding hydrogens is 483 g/mol. The summed E-state index contributed by atoms with van der Waals surface area (Å²) in [6.45, 7) is 0.260. The molecule has 1 aliphatic heterocycles. The van der Waals surface area contributed by atoms with Crippen LogP contribution in [0.4, 0.5) is 10.1 Å². The lowest BCUT2D eigenvalue weighted by atomic mass is 9.92. The van der Waals surface area contributed by atoms with Gasteiger partial charge in [0.05, 0.1) is 16.5 Å². The van der Waals surface area contributed by atoms with Crippen LogP contribution in [0.5, 0.6) is 0 Å². The number of nitrogens with zero attached hydrogens (tertiary/aromatic N) is 1. The van der Waals surface area contributed by atoms with E-state index < -0.39 is 21.8 Å². The summed E-state index contributed by atoms with van der Waals surface area (Å²) in [5, 5.41) is 7.20. The van der Waals surface area contributed by atoms with Gasteiger partial charge in [0, 0.05) is 16.0 Å². The Morgan fingerprint density at radius 1 is 1.14 bits per heavy atom. The SMILES string of the molecule is NS(=O)(=O)c1ccc2cc(Cl)ccc2c1C1CCN(c2ccc(Br)cc2F)C1=O. The van der Waals surface area contributed by atoms with Gasteiger partial charge in [0.2, 0.25) is 15.9 Å². The van der Waals surface area contributed by atoms with E-state index in [9.17, 15) is 17.6 Å². The van der Waals surface area contributed by atoms with Gasteiger partial charge in [-0.15, -0.1) is 0 Å². The van der Waals surface area contributed by atoms with Gasteiger partial charge < -0.3 is 4.90 Å². The van der Waals surface area contributed by atoms with E-state index in [1.807, 2.05) is 0 Å². The molecule has 9 heteroatoms. The summed E-state index contributed by atoms with van der Waals surface area (Å²) < 4.78 is 39.4. The third kappa shape index (κ3) is 3.66. The van der Waals surface area contributed by atoms with Crippen LogP contribution >= 0.6 is 27.5 Å². The van der Waals surface area contributed by atoms with Gasteiger partial charge in [-0.25, -0.2) is 17.9 Å². The highest BCUT2D eigenvalue weighted by molar-refractivity contribution is 9.10. The molecule has 0 spiro atoms. The number of fused-ring (bicyclic) bond motifs is 1. The molecule has 3 aromatic carbocycles. The van der Waals surface area contributed by atoms with E-state index in [2.05, 4.69) is 15.9 Å². The highest BCUT2D eigenvalue weighted by Gasteiger charge is 2.38. The summed E-state index contributed by atoms with van der Waals surface area (Å²) in [6.07, 6.45) is 0.332. The van der Waals surface area contributed by atoms with Gasteiger partial charge in [0.1, 0.15) is 5.82 Å². The van der Waals surface area contributed by atoms with Crippen molar-refractivity contribution < 1.29 is 17.6 Å². The average molecular weight is 498 g/mol. The standard InChI is InChI=1S/C20H15BrClFN2O3S/c21-12-2-5-17(16(23)10-12)25-8-7-15(20(25)26)19-14-4-3-13(22)9-11(14)1-6-18(19)29(24,27)28/h1-6,9-10,15H,7-8H2,(H2,24,27,28). The van der Waals surface area contributed by atoms with Crippen molar-refractivity contribution in [1.29, 1.82) is 0 Å². The number of primary sulfonamides is 1. The Labute approximate surface area is 180 Å². The summed E-state index contributed by atoms with van der Waals surface area (Å²) in [5.41, 5.74) is 0.479. The summed E-state index contributed by atoms with van der Waals surface area (Å²) in [4.78, 5) is 14.5. The molecule has 1 amide bonds. The number of hydrogen-bond acceptors (Lipinski definition) is 3. The Kier molecular flexibility index (Phi) is 5.14. The van der Waals surface area contributed by atoms with Crippen LogP contribution in [0.3, 0.4) is 0 Å². The number of carbonyl (C=O) groups is 1. The normalized spacial score (nSPS) is 17.3. The van der Waals surface area contributed by atoms with Gasteiger partial charge in [0.15, 0.2) is 0 Å². The minimum absolute atomic E-state index is 0.108. The van der Waals surface area contributed by atoms with E-state index in [1.54, 1.807) is 30.3 Å². The van der Waals surface area contributed by atoms with Crippen molar-refractivity contribution >= 4 is 59.9 Å². The molecule has 2 N–H and O–H groups in total. The lowest BCUT2D eigenvalue weighted by Crippen LogP contribution is -2.28. The predicted molar refractivity (Wildman–Crippen MR) is 114 cm³/mol. The molecule has 0 aliphatic carbocycles. The highest BCUT2D eigenvalue weighted by atomic mass is 79.9. The molecule has 29 heavy (non-hydrogen) atoms. The molecule has 150 valence electrons. The van der Waals surface area contributed by atoms with E-state index in [0.29, 0.717) is 32.3 Å². The number of anilines is 1. The maximum Gasteiger partial charge on any atom is 0.238 e. The largest absolute Gasteiger partial charge is 0.309 e. The Bertz CT molecular complexity index is 1270. The number of carbonyl (C=O) groups excluding carboxylic acids is 1. The van der Waals surface area contributed by atoms with E-state index >= 15 is 0 Å². The van der Waals surface area contributed by atoms with Crippen molar-refractivity contribution in [3.8, 4) is 0 Å². The first-order valence-electron chi connectivity index (χ1n) is 8.68. The molecule has 0 saturated carbocycles. The summed E-state index contributed by atoms with van der Waals surface area (Å²) in [7, 11) is -4.08. The van der Waals surface area contributed by atoms with Crippen LogP contribution in [-0.4, -0.2) is 20.9 Å². The third-order valence-corrected chi connectivity index (χ3v) is 6.74. The zero-order chi connectivity index (χ0) is 20.9. The smallest absolute Gasteiger partial charge is 0.238 e. The molecular formula is C20H15BrClFN2O3S. The Balaban J connectivity index is 1.87. The molecule has 1 aliphatic rings. The highest BCUT2D eigenvalue weighted by Crippen LogP contribution is 2.40. The number of rotatable bonds is 3. The van der Waals surface area contributed by atoms with Crippen LogP contribution in [-0.2, 0) is 14.8 Å². The number of sulfonamides is 1. The van der Waals surface area contributed by atoms with Crippen molar-refractivity contribution in [2.45, 2.75) is 17.2 Å². The molecule has 1 heterocycles. The Hall–Kier alpha value is -2.00. The molecule has 5 nitrogen and oxygen atoms in total. The number of benzene rings is 3. The van der Waals surface area contributed by atoms with Crippen molar-refractivity contribution in [3.05, 3.63) is 69.4 Å². The number of nitrogens with two attached hydrogens (primary N) is 1. The number of halogens is 3. The second-order valence-electron chi connectivity index (χ2n) is 6.81. The van der Waals surface area contributed by atoms with Gasteiger partial charge in [0.25, 0.3) is 0 Å². The zero-order valence-electron chi connectivity index (χ0n) is 14.9. The lowest BCUT2D eigenvalue weighted by Gasteiger charge is -2.20. The van der Waals surface area contributed by atoms with Crippen LogP contribution in [0.25, 0.3) is 10.8 Å². The quantitative estimate of drug-likeness (QED) is 0.576. The minimum Gasteiger partial charge on any atom is -0.309 e. The average Bonchev–Trinajstić information content (AvgIpc) is 3.00. The topological polar surface area (TPSA) is 80.5 Å². The molecule has 0 bridgehead atoms. The number of hydrogen-bond donors (Lipinski definition) is 1. The van der Waals surface area contributed by atoms with Crippen LogP contribution in [0.15, 0.2) is 57.9 Å².